The molecule has 168 valence electrons. The first kappa shape index (κ1) is 23.9. The van der Waals surface area contributed by atoms with Gasteiger partial charge in [-0.1, -0.05) is 13.8 Å². The van der Waals surface area contributed by atoms with Crippen molar-refractivity contribution in [3.63, 3.8) is 0 Å². The summed E-state index contributed by atoms with van der Waals surface area (Å²) in [7, 11) is 1.38. The molecule has 0 fully saturated rings. The number of hydrogen-bond donors (Lipinski definition) is 2. The number of amides is 1. The lowest BCUT2D eigenvalue weighted by atomic mass is 9.97. The summed E-state index contributed by atoms with van der Waals surface area (Å²) in [6.45, 7) is 8.47. The zero-order valence-corrected chi connectivity index (χ0v) is 18.0. The van der Waals surface area contributed by atoms with E-state index in [0.29, 0.717) is 12.3 Å². The van der Waals surface area contributed by atoms with Crippen LogP contribution >= 0.6 is 0 Å². The van der Waals surface area contributed by atoms with Crippen LogP contribution in [0.15, 0.2) is 12.4 Å². The molecule has 2 aromatic heterocycles. The molecule has 30 heavy (non-hydrogen) atoms. The average molecular weight is 429 g/mol. The molecule has 2 heterocycles. The Morgan fingerprint density at radius 1 is 1.30 bits per heavy atom. The third-order valence-electron chi connectivity index (χ3n) is 5.14. The number of halogens is 3. The van der Waals surface area contributed by atoms with E-state index in [1.165, 1.54) is 19.4 Å². The average Bonchev–Trinajstić information content (AvgIpc) is 3.15. The minimum absolute atomic E-state index is 0.127. The van der Waals surface area contributed by atoms with Gasteiger partial charge in [0.15, 0.2) is 0 Å². The first-order valence-corrected chi connectivity index (χ1v) is 9.93. The molecule has 10 heteroatoms. The zero-order chi connectivity index (χ0) is 22.7. The van der Waals surface area contributed by atoms with Crippen LogP contribution in [0, 0.1) is 19.8 Å². The molecule has 0 aromatic carbocycles. The van der Waals surface area contributed by atoms with Gasteiger partial charge in [0.25, 0.3) is 0 Å². The Kier molecular flexibility index (Phi) is 7.33. The van der Waals surface area contributed by atoms with Crippen molar-refractivity contribution in [1.29, 1.82) is 0 Å². The lowest BCUT2D eigenvalue weighted by molar-refractivity contribution is -0.272. The molecular weight excluding hydrogens is 399 g/mol. The van der Waals surface area contributed by atoms with Crippen molar-refractivity contribution in [3.05, 3.63) is 35.2 Å². The van der Waals surface area contributed by atoms with Crippen molar-refractivity contribution in [2.45, 2.75) is 65.3 Å². The number of carbonyl (C=O) groups excluding carboxylic acids is 1. The highest BCUT2D eigenvalue weighted by atomic mass is 19.4. The fourth-order valence-electron chi connectivity index (χ4n) is 3.47. The summed E-state index contributed by atoms with van der Waals surface area (Å²) in [6, 6.07) is 0. The Morgan fingerprint density at radius 2 is 1.97 bits per heavy atom. The molecule has 0 aliphatic rings. The second-order valence-corrected chi connectivity index (χ2v) is 8.05. The summed E-state index contributed by atoms with van der Waals surface area (Å²) >= 11 is 0. The van der Waals surface area contributed by atoms with E-state index in [-0.39, 0.29) is 18.9 Å². The Bertz CT molecular complexity index is 872. The first-order chi connectivity index (χ1) is 13.9. The molecule has 0 spiro atoms. The summed E-state index contributed by atoms with van der Waals surface area (Å²) in [6.07, 6.45) is -2.55. The standard InChI is InChI=1S/C20H30F3N5O2/c1-13(2)12-28-15(4)16(14(3)26-28)6-7-17(29)24-9-8-19(30,20(21,22)23)18-25-10-11-27(18)5/h10-11,13,30H,6-9,12H2,1-5H3,(H,24,29). The highest BCUT2D eigenvalue weighted by molar-refractivity contribution is 5.76. The van der Waals surface area contributed by atoms with E-state index in [0.717, 1.165) is 28.1 Å². The van der Waals surface area contributed by atoms with Crippen LogP contribution in [0.1, 0.15) is 49.5 Å². The number of aryl methyl sites for hydroxylation is 2. The lowest BCUT2D eigenvalue weighted by Crippen LogP contribution is -2.46. The van der Waals surface area contributed by atoms with Crippen LogP contribution in [-0.4, -0.2) is 43.1 Å². The van der Waals surface area contributed by atoms with Crippen LogP contribution in [-0.2, 0) is 30.4 Å². The van der Waals surface area contributed by atoms with Gasteiger partial charge in [-0.05, 0) is 31.7 Å². The molecule has 1 amide bonds. The Hall–Kier alpha value is -2.36. The van der Waals surface area contributed by atoms with Crippen molar-refractivity contribution < 1.29 is 23.1 Å². The molecule has 2 rings (SSSR count). The third kappa shape index (κ3) is 5.21. The summed E-state index contributed by atoms with van der Waals surface area (Å²) in [5.41, 5.74) is -0.313. The largest absolute Gasteiger partial charge is 0.424 e. The van der Waals surface area contributed by atoms with E-state index in [1.807, 2.05) is 18.5 Å². The second kappa shape index (κ2) is 9.20. The van der Waals surface area contributed by atoms with E-state index in [2.05, 4.69) is 29.2 Å². The van der Waals surface area contributed by atoms with Gasteiger partial charge in [-0.3, -0.25) is 9.48 Å². The molecule has 0 bridgehead atoms. The van der Waals surface area contributed by atoms with E-state index < -0.39 is 24.0 Å². The molecule has 0 aliphatic heterocycles. The summed E-state index contributed by atoms with van der Waals surface area (Å²) < 4.78 is 43.5. The number of alkyl halides is 3. The second-order valence-electron chi connectivity index (χ2n) is 8.05. The molecule has 2 N–H and O–H groups in total. The van der Waals surface area contributed by atoms with Gasteiger partial charge in [-0.2, -0.15) is 18.3 Å². The first-order valence-electron chi connectivity index (χ1n) is 9.93. The topological polar surface area (TPSA) is 85.0 Å². The molecule has 1 unspecified atom stereocenters. The van der Waals surface area contributed by atoms with Crippen LogP contribution < -0.4 is 5.32 Å². The van der Waals surface area contributed by atoms with Crippen LogP contribution in [0.5, 0.6) is 0 Å². The zero-order valence-electron chi connectivity index (χ0n) is 18.0. The molecule has 0 saturated carbocycles. The third-order valence-corrected chi connectivity index (χ3v) is 5.14. The molecule has 0 aliphatic carbocycles. The van der Waals surface area contributed by atoms with Crippen LogP contribution in [0.25, 0.3) is 0 Å². The van der Waals surface area contributed by atoms with Crippen molar-refractivity contribution in [3.8, 4) is 0 Å². The lowest BCUT2D eigenvalue weighted by Gasteiger charge is -2.30. The number of rotatable bonds is 9. The van der Waals surface area contributed by atoms with Crippen molar-refractivity contribution in [1.82, 2.24) is 24.6 Å². The summed E-state index contributed by atoms with van der Waals surface area (Å²) in [5.74, 6) is -0.451. The number of carbonyl (C=O) groups is 1. The van der Waals surface area contributed by atoms with Crippen molar-refractivity contribution in [2.24, 2.45) is 13.0 Å². The van der Waals surface area contributed by atoms with E-state index in [4.69, 9.17) is 0 Å². The van der Waals surface area contributed by atoms with E-state index in [1.54, 1.807) is 0 Å². The number of nitrogens with zero attached hydrogens (tertiary/aromatic N) is 4. The number of hydrogen-bond acceptors (Lipinski definition) is 4. The number of imidazole rings is 1. The SMILES string of the molecule is Cc1nn(CC(C)C)c(C)c1CCC(=O)NCCC(O)(c1nccn1C)C(F)(F)F. The molecule has 1 atom stereocenters. The van der Waals surface area contributed by atoms with Gasteiger partial charge in [-0.25, -0.2) is 4.98 Å². The predicted molar refractivity (Wildman–Crippen MR) is 106 cm³/mol. The molecule has 0 saturated heterocycles. The molecular formula is C20H30F3N5O2. The Labute approximate surface area is 174 Å². The minimum Gasteiger partial charge on any atom is -0.374 e. The fraction of sp³-hybridized carbons (Fsp3) is 0.650. The maximum Gasteiger partial charge on any atom is 0.424 e. The molecule has 2 aromatic rings. The van der Waals surface area contributed by atoms with Gasteiger partial charge < -0.3 is 15.0 Å². The Balaban J connectivity index is 1.95. The Morgan fingerprint density at radius 3 is 2.50 bits per heavy atom. The highest BCUT2D eigenvalue weighted by Gasteiger charge is 2.57. The van der Waals surface area contributed by atoms with E-state index >= 15 is 0 Å². The number of aliphatic hydroxyl groups is 1. The molecule has 0 radical (unpaired) electrons. The van der Waals surface area contributed by atoms with Gasteiger partial charge in [0, 0.05) is 51.1 Å². The van der Waals surface area contributed by atoms with Crippen LogP contribution in [0.2, 0.25) is 0 Å². The van der Waals surface area contributed by atoms with Crippen molar-refractivity contribution >= 4 is 5.91 Å². The monoisotopic (exact) mass is 429 g/mol. The number of nitrogens with one attached hydrogen (secondary N) is 1. The highest BCUT2D eigenvalue weighted by Crippen LogP contribution is 2.40. The maximum atomic E-state index is 13.5. The van der Waals surface area contributed by atoms with Crippen molar-refractivity contribution in [2.75, 3.05) is 6.54 Å². The van der Waals surface area contributed by atoms with E-state index in [9.17, 15) is 23.1 Å². The van der Waals surface area contributed by atoms with Gasteiger partial charge in [0.2, 0.25) is 11.5 Å². The summed E-state index contributed by atoms with van der Waals surface area (Å²) in [4.78, 5) is 15.8. The maximum absolute atomic E-state index is 13.5. The minimum atomic E-state index is -4.92. The van der Waals surface area contributed by atoms with Crippen LogP contribution in [0.4, 0.5) is 13.2 Å². The van der Waals surface area contributed by atoms with Gasteiger partial charge >= 0.3 is 6.18 Å². The van der Waals surface area contributed by atoms with Crippen LogP contribution in [0.3, 0.4) is 0 Å². The quantitative estimate of drug-likeness (QED) is 0.642. The molecule has 7 nitrogen and oxygen atoms in total. The predicted octanol–water partition coefficient (Wildman–Crippen LogP) is 2.78. The summed E-state index contributed by atoms with van der Waals surface area (Å²) in [5, 5.41) is 17.3. The van der Waals surface area contributed by atoms with Gasteiger partial charge in [-0.15, -0.1) is 0 Å². The number of aromatic nitrogens is 4. The smallest absolute Gasteiger partial charge is 0.374 e. The normalized spacial score (nSPS) is 14.2. The fourth-order valence-corrected chi connectivity index (χ4v) is 3.47. The van der Waals surface area contributed by atoms with Gasteiger partial charge in [0.05, 0.1) is 5.69 Å². The van der Waals surface area contributed by atoms with Gasteiger partial charge in [0.1, 0.15) is 5.82 Å².